The monoisotopic (exact) mass is 330 g/mol. The molecule has 0 fully saturated rings. The summed E-state index contributed by atoms with van der Waals surface area (Å²) in [4.78, 5) is 11.7. The molecule has 3 aromatic carbocycles. The minimum Gasteiger partial charge on any atom is -0.484 e. The molecule has 4 nitrogen and oxygen atoms in total. The highest BCUT2D eigenvalue weighted by Gasteiger charge is 2.02. The highest BCUT2D eigenvalue weighted by atomic mass is 16.5. The van der Waals surface area contributed by atoms with Gasteiger partial charge in [0.05, 0.1) is 0 Å². The second kappa shape index (κ2) is 8.45. The number of amides is 1. The predicted octanol–water partition coefficient (Wildman–Crippen LogP) is 4.03. The molecule has 0 unspecified atom stereocenters. The molecule has 124 valence electrons. The van der Waals surface area contributed by atoms with Gasteiger partial charge in [0.15, 0.2) is 6.61 Å². The Balaban J connectivity index is 1.45. The van der Waals surface area contributed by atoms with Crippen LogP contribution in [0.1, 0.15) is 5.56 Å². The Kier molecular flexibility index (Phi) is 5.56. The van der Waals surface area contributed by atoms with E-state index in [4.69, 9.17) is 4.74 Å². The van der Waals surface area contributed by atoms with Crippen LogP contribution in [-0.2, 0) is 4.79 Å². The molecule has 0 saturated carbocycles. The van der Waals surface area contributed by atoms with Crippen LogP contribution in [0.15, 0.2) is 84.0 Å². The van der Waals surface area contributed by atoms with E-state index in [0.717, 1.165) is 16.3 Å². The molecule has 0 saturated heterocycles. The molecule has 3 aromatic rings. The van der Waals surface area contributed by atoms with Gasteiger partial charge in [-0.3, -0.25) is 4.79 Å². The normalized spacial score (nSPS) is 11.2. The van der Waals surface area contributed by atoms with Crippen LogP contribution < -0.4 is 10.2 Å². The van der Waals surface area contributed by atoms with Gasteiger partial charge in [0.1, 0.15) is 5.75 Å². The van der Waals surface area contributed by atoms with Gasteiger partial charge in [-0.25, -0.2) is 5.43 Å². The third kappa shape index (κ3) is 5.04. The van der Waals surface area contributed by atoms with Crippen LogP contribution in [0, 0.1) is 0 Å². The molecule has 1 amide bonds. The maximum atomic E-state index is 11.7. The number of carbonyl (C=O) groups excluding carboxylic acids is 1. The minimum absolute atomic E-state index is 0.0852. The summed E-state index contributed by atoms with van der Waals surface area (Å²) in [7, 11) is 0. The minimum atomic E-state index is -0.308. The maximum absolute atomic E-state index is 11.7. The molecule has 1 N–H and O–H groups in total. The molecular weight excluding hydrogens is 312 g/mol. The third-order valence-corrected chi connectivity index (χ3v) is 3.53. The Hall–Kier alpha value is -3.40. The predicted molar refractivity (Wildman–Crippen MR) is 102 cm³/mol. The summed E-state index contributed by atoms with van der Waals surface area (Å²) < 4.78 is 5.50. The van der Waals surface area contributed by atoms with E-state index in [1.54, 1.807) is 6.08 Å². The Morgan fingerprint density at radius 1 is 0.960 bits per heavy atom. The lowest BCUT2D eigenvalue weighted by Crippen LogP contribution is -2.24. The molecule has 0 bridgehead atoms. The fourth-order valence-electron chi connectivity index (χ4n) is 2.31. The van der Waals surface area contributed by atoms with E-state index in [0.29, 0.717) is 5.75 Å². The molecule has 3 rings (SSSR count). The Morgan fingerprint density at radius 3 is 2.56 bits per heavy atom. The lowest BCUT2D eigenvalue weighted by atomic mass is 10.1. The molecule has 25 heavy (non-hydrogen) atoms. The number of rotatable bonds is 6. The van der Waals surface area contributed by atoms with E-state index in [1.165, 1.54) is 6.21 Å². The molecule has 0 aliphatic rings. The molecule has 0 spiro atoms. The summed E-state index contributed by atoms with van der Waals surface area (Å²) in [6, 6.07) is 23.6. The number of benzene rings is 3. The molecule has 0 aliphatic heterocycles. The lowest BCUT2D eigenvalue weighted by molar-refractivity contribution is -0.123. The van der Waals surface area contributed by atoms with E-state index >= 15 is 0 Å². The fraction of sp³-hybridized carbons (Fsp3) is 0.0476. The van der Waals surface area contributed by atoms with E-state index in [1.807, 2.05) is 78.9 Å². The number of nitrogens with one attached hydrogen (secondary N) is 1. The van der Waals surface area contributed by atoms with E-state index in [9.17, 15) is 4.79 Å². The van der Waals surface area contributed by atoms with Gasteiger partial charge in [0.25, 0.3) is 5.91 Å². The van der Waals surface area contributed by atoms with Crippen molar-refractivity contribution in [1.29, 1.82) is 0 Å². The number of ether oxygens (including phenoxy) is 1. The van der Waals surface area contributed by atoms with Crippen LogP contribution >= 0.6 is 0 Å². The first kappa shape index (κ1) is 16.5. The number of hydrazone groups is 1. The zero-order valence-electron chi connectivity index (χ0n) is 13.6. The average Bonchev–Trinajstić information content (AvgIpc) is 2.67. The van der Waals surface area contributed by atoms with Crippen molar-refractivity contribution in [2.45, 2.75) is 0 Å². The second-order valence-corrected chi connectivity index (χ2v) is 5.38. The standard InChI is InChI=1S/C21H18N2O2/c24-21(23-22-14-6-9-17-7-2-1-3-8-17)16-25-20-13-12-18-10-4-5-11-19(18)15-20/h1-15H,16H2,(H,23,24). The van der Waals surface area contributed by atoms with Gasteiger partial charge in [0.2, 0.25) is 0 Å². The van der Waals surface area contributed by atoms with Crippen molar-refractivity contribution >= 4 is 29.0 Å². The quantitative estimate of drug-likeness (QED) is 0.548. The molecular formula is C21H18N2O2. The summed E-state index contributed by atoms with van der Waals surface area (Å²) in [6.45, 7) is -0.0852. The fourth-order valence-corrected chi connectivity index (χ4v) is 2.31. The smallest absolute Gasteiger partial charge is 0.277 e. The van der Waals surface area contributed by atoms with Gasteiger partial charge < -0.3 is 4.74 Å². The largest absolute Gasteiger partial charge is 0.484 e. The first-order valence-corrected chi connectivity index (χ1v) is 7.96. The number of nitrogens with zero attached hydrogens (tertiary/aromatic N) is 1. The van der Waals surface area contributed by atoms with Crippen LogP contribution in [0.4, 0.5) is 0 Å². The van der Waals surface area contributed by atoms with Gasteiger partial charge in [-0.2, -0.15) is 5.10 Å². The number of hydrogen-bond acceptors (Lipinski definition) is 3. The van der Waals surface area contributed by atoms with Gasteiger partial charge in [-0.05, 0) is 34.5 Å². The molecule has 0 aromatic heterocycles. The summed E-state index contributed by atoms with van der Waals surface area (Å²) in [5.74, 6) is 0.347. The van der Waals surface area contributed by atoms with Crippen molar-refractivity contribution in [2.75, 3.05) is 6.61 Å². The van der Waals surface area contributed by atoms with Gasteiger partial charge >= 0.3 is 0 Å². The first-order chi connectivity index (χ1) is 12.3. The Morgan fingerprint density at radius 2 is 1.72 bits per heavy atom. The third-order valence-electron chi connectivity index (χ3n) is 3.53. The summed E-state index contributed by atoms with van der Waals surface area (Å²) in [5, 5.41) is 6.06. The summed E-state index contributed by atoms with van der Waals surface area (Å²) in [5.41, 5.74) is 3.50. The zero-order valence-corrected chi connectivity index (χ0v) is 13.6. The van der Waals surface area contributed by atoms with Crippen LogP contribution in [0.2, 0.25) is 0 Å². The molecule has 0 radical (unpaired) electrons. The van der Waals surface area contributed by atoms with Crippen molar-refractivity contribution in [3.05, 3.63) is 84.4 Å². The number of carbonyl (C=O) groups is 1. The molecule has 0 atom stereocenters. The first-order valence-electron chi connectivity index (χ1n) is 7.96. The van der Waals surface area contributed by atoms with Crippen LogP contribution in [0.5, 0.6) is 5.75 Å². The van der Waals surface area contributed by atoms with Crippen molar-refractivity contribution in [3.8, 4) is 5.75 Å². The number of allylic oxidation sites excluding steroid dienone is 1. The molecule has 0 aliphatic carbocycles. The molecule has 0 heterocycles. The van der Waals surface area contributed by atoms with Crippen LogP contribution in [0.3, 0.4) is 0 Å². The summed E-state index contributed by atoms with van der Waals surface area (Å²) >= 11 is 0. The van der Waals surface area contributed by atoms with Crippen molar-refractivity contribution in [3.63, 3.8) is 0 Å². The van der Waals surface area contributed by atoms with Gasteiger partial charge in [0, 0.05) is 6.21 Å². The van der Waals surface area contributed by atoms with Gasteiger partial charge in [-0.15, -0.1) is 0 Å². The van der Waals surface area contributed by atoms with Crippen LogP contribution in [-0.4, -0.2) is 18.7 Å². The zero-order chi connectivity index (χ0) is 17.3. The van der Waals surface area contributed by atoms with E-state index in [2.05, 4.69) is 10.5 Å². The van der Waals surface area contributed by atoms with Crippen molar-refractivity contribution in [1.82, 2.24) is 5.43 Å². The summed E-state index contributed by atoms with van der Waals surface area (Å²) in [6.07, 6.45) is 5.20. The highest BCUT2D eigenvalue weighted by Crippen LogP contribution is 2.20. The van der Waals surface area contributed by atoms with Gasteiger partial charge in [-0.1, -0.05) is 66.7 Å². The highest BCUT2D eigenvalue weighted by molar-refractivity contribution is 5.84. The van der Waals surface area contributed by atoms with Crippen molar-refractivity contribution in [2.24, 2.45) is 5.10 Å². The van der Waals surface area contributed by atoms with Crippen LogP contribution in [0.25, 0.3) is 16.8 Å². The second-order valence-electron chi connectivity index (χ2n) is 5.38. The van der Waals surface area contributed by atoms with E-state index < -0.39 is 0 Å². The average molecular weight is 330 g/mol. The lowest BCUT2D eigenvalue weighted by Gasteiger charge is -2.06. The number of fused-ring (bicyclic) bond motifs is 1. The van der Waals surface area contributed by atoms with Crippen molar-refractivity contribution < 1.29 is 9.53 Å². The number of hydrogen-bond donors (Lipinski definition) is 1. The Bertz CT molecular complexity index is 902. The Labute approximate surface area is 146 Å². The SMILES string of the molecule is O=C(COc1ccc2ccccc2c1)NN=CC=Cc1ccccc1. The molecule has 4 heteroatoms. The topological polar surface area (TPSA) is 50.7 Å². The maximum Gasteiger partial charge on any atom is 0.277 e. The van der Waals surface area contributed by atoms with E-state index in [-0.39, 0.29) is 12.5 Å².